The summed E-state index contributed by atoms with van der Waals surface area (Å²) in [7, 11) is 3.16. The van der Waals surface area contributed by atoms with E-state index in [0.29, 0.717) is 35.2 Å². The fourth-order valence-electron chi connectivity index (χ4n) is 2.56. The largest absolute Gasteiger partial charge is 0.493 e. The van der Waals surface area contributed by atoms with Crippen molar-refractivity contribution in [2.75, 3.05) is 19.5 Å². The summed E-state index contributed by atoms with van der Waals surface area (Å²) in [5.74, 6) is 0.878. The minimum Gasteiger partial charge on any atom is -0.493 e. The maximum absolute atomic E-state index is 13.0. The van der Waals surface area contributed by atoms with E-state index in [4.69, 9.17) is 9.47 Å². The van der Waals surface area contributed by atoms with Crippen LogP contribution in [0, 0.1) is 5.82 Å². The van der Waals surface area contributed by atoms with Gasteiger partial charge in [-0.3, -0.25) is 4.79 Å². The Kier molecular flexibility index (Phi) is 6.03. The summed E-state index contributed by atoms with van der Waals surface area (Å²) in [5, 5.41) is 5.15. The van der Waals surface area contributed by atoms with Gasteiger partial charge in [-0.1, -0.05) is 6.07 Å². The number of anilines is 1. The Balaban J connectivity index is 1.58. The van der Waals surface area contributed by atoms with Crippen LogP contribution in [0.1, 0.15) is 12.0 Å². The molecule has 0 bridgehead atoms. The summed E-state index contributed by atoms with van der Waals surface area (Å²) in [5.41, 5.74) is 2.49. The molecule has 27 heavy (non-hydrogen) atoms. The van der Waals surface area contributed by atoms with Crippen molar-refractivity contribution >= 4 is 22.4 Å². The molecule has 1 aromatic heterocycles. The van der Waals surface area contributed by atoms with Crippen LogP contribution in [0.15, 0.2) is 47.8 Å². The number of aromatic nitrogens is 1. The standard InChI is InChI=1S/C20H19FN2O3S/c1-25-17-9-3-13(11-18(17)26-2)4-10-19(24)23-20-22-16(12-27-20)14-5-7-15(21)8-6-14/h3,5-9,11-12H,4,10H2,1-2H3,(H,22,23,24). The highest BCUT2D eigenvalue weighted by atomic mass is 32.1. The fraction of sp³-hybridized carbons (Fsp3) is 0.200. The van der Waals surface area contributed by atoms with E-state index in [9.17, 15) is 9.18 Å². The quantitative estimate of drug-likeness (QED) is 0.648. The lowest BCUT2D eigenvalue weighted by Crippen LogP contribution is -2.12. The molecule has 2 aromatic carbocycles. The lowest BCUT2D eigenvalue weighted by atomic mass is 10.1. The molecule has 0 aliphatic heterocycles. The molecule has 140 valence electrons. The summed E-state index contributed by atoms with van der Waals surface area (Å²) in [4.78, 5) is 16.6. The Morgan fingerprint density at radius 1 is 1.11 bits per heavy atom. The highest BCUT2D eigenvalue weighted by molar-refractivity contribution is 7.14. The van der Waals surface area contributed by atoms with E-state index >= 15 is 0 Å². The molecule has 5 nitrogen and oxygen atoms in total. The van der Waals surface area contributed by atoms with Gasteiger partial charge < -0.3 is 14.8 Å². The Bertz CT molecular complexity index is 925. The molecular formula is C20H19FN2O3S. The van der Waals surface area contributed by atoms with Crippen molar-refractivity contribution in [1.82, 2.24) is 4.98 Å². The van der Waals surface area contributed by atoms with Gasteiger partial charge in [0.2, 0.25) is 5.91 Å². The number of aryl methyl sites for hydroxylation is 1. The van der Waals surface area contributed by atoms with Gasteiger partial charge in [0, 0.05) is 17.4 Å². The van der Waals surface area contributed by atoms with Crippen LogP contribution in [0.4, 0.5) is 9.52 Å². The molecular weight excluding hydrogens is 367 g/mol. The number of halogens is 1. The number of thiazole rings is 1. The van der Waals surface area contributed by atoms with Gasteiger partial charge in [-0.2, -0.15) is 0 Å². The van der Waals surface area contributed by atoms with E-state index < -0.39 is 0 Å². The van der Waals surface area contributed by atoms with Crippen LogP contribution in [0.5, 0.6) is 11.5 Å². The Morgan fingerprint density at radius 3 is 2.56 bits per heavy atom. The molecule has 0 atom stereocenters. The average molecular weight is 386 g/mol. The number of benzene rings is 2. The zero-order valence-corrected chi connectivity index (χ0v) is 15.8. The van der Waals surface area contributed by atoms with E-state index in [2.05, 4.69) is 10.3 Å². The number of hydrogen-bond acceptors (Lipinski definition) is 5. The molecule has 1 N–H and O–H groups in total. The first-order valence-corrected chi connectivity index (χ1v) is 9.19. The van der Waals surface area contributed by atoms with Gasteiger partial charge in [0.1, 0.15) is 5.82 Å². The summed E-state index contributed by atoms with van der Waals surface area (Å²) in [6.07, 6.45) is 0.892. The van der Waals surface area contributed by atoms with Crippen LogP contribution in [0.2, 0.25) is 0 Å². The first kappa shape index (κ1) is 18.8. The molecule has 3 aromatic rings. The van der Waals surface area contributed by atoms with Gasteiger partial charge in [-0.25, -0.2) is 9.37 Å². The molecule has 0 saturated carbocycles. The summed E-state index contributed by atoms with van der Waals surface area (Å²) >= 11 is 1.34. The zero-order valence-electron chi connectivity index (χ0n) is 15.0. The molecule has 0 radical (unpaired) electrons. The highest BCUT2D eigenvalue weighted by Crippen LogP contribution is 2.28. The number of methoxy groups -OCH3 is 2. The van der Waals surface area contributed by atoms with E-state index in [1.165, 1.54) is 23.5 Å². The Hall–Kier alpha value is -2.93. The number of nitrogens with one attached hydrogen (secondary N) is 1. The lowest BCUT2D eigenvalue weighted by Gasteiger charge is -2.09. The summed E-state index contributed by atoms with van der Waals surface area (Å²) in [6.45, 7) is 0. The van der Waals surface area contributed by atoms with E-state index in [1.807, 2.05) is 23.6 Å². The second-order valence-corrected chi connectivity index (χ2v) is 6.64. The predicted octanol–water partition coefficient (Wildman–Crippen LogP) is 4.54. The van der Waals surface area contributed by atoms with Crippen molar-refractivity contribution in [1.29, 1.82) is 0 Å². The third-order valence-electron chi connectivity index (χ3n) is 3.98. The Morgan fingerprint density at radius 2 is 1.85 bits per heavy atom. The van der Waals surface area contributed by atoms with Gasteiger partial charge in [-0.05, 0) is 48.4 Å². The van der Waals surface area contributed by atoms with Crippen molar-refractivity contribution in [3.8, 4) is 22.8 Å². The van der Waals surface area contributed by atoms with E-state index in [1.54, 1.807) is 26.4 Å². The smallest absolute Gasteiger partial charge is 0.226 e. The van der Waals surface area contributed by atoms with Gasteiger partial charge in [0.05, 0.1) is 19.9 Å². The van der Waals surface area contributed by atoms with Crippen LogP contribution in [0.25, 0.3) is 11.3 Å². The highest BCUT2D eigenvalue weighted by Gasteiger charge is 2.10. The summed E-state index contributed by atoms with van der Waals surface area (Å²) in [6, 6.07) is 11.7. The van der Waals surface area contributed by atoms with Gasteiger partial charge in [0.15, 0.2) is 16.6 Å². The topological polar surface area (TPSA) is 60.5 Å². The Labute approximate surface area is 160 Å². The molecule has 0 unspecified atom stereocenters. The normalized spacial score (nSPS) is 10.5. The van der Waals surface area contributed by atoms with Crippen molar-refractivity contribution in [3.63, 3.8) is 0 Å². The molecule has 0 spiro atoms. The number of ether oxygens (including phenoxy) is 2. The van der Waals surface area contributed by atoms with Crippen LogP contribution >= 0.6 is 11.3 Å². The number of hydrogen-bond donors (Lipinski definition) is 1. The molecule has 0 fully saturated rings. The van der Waals surface area contributed by atoms with Crippen molar-refractivity contribution in [3.05, 3.63) is 59.2 Å². The molecule has 1 amide bonds. The predicted molar refractivity (Wildman–Crippen MR) is 104 cm³/mol. The SMILES string of the molecule is COc1ccc(CCC(=O)Nc2nc(-c3ccc(F)cc3)cs2)cc1OC. The maximum atomic E-state index is 13.0. The van der Waals surface area contributed by atoms with E-state index in [-0.39, 0.29) is 11.7 Å². The van der Waals surface area contributed by atoms with Crippen LogP contribution in [-0.2, 0) is 11.2 Å². The van der Waals surface area contributed by atoms with Crippen LogP contribution < -0.4 is 14.8 Å². The number of nitrogens with zero attached hydrogens (tertiary/aromatic N) is 1. The molecule has 0 aliphatic rings. The van der Waals surface area contributed by atoms with Gasteiger partial charge in [0.25, 0.3) is 0 Å². The minimum atomic E-state index is -0.294. The first-order chi connectivity index (χ1) is 13.1. The maximum Gasteiger partial charge on any atom is 0.226 e. The third kappa shape index (κ3) is 4.83. The minimum absolute atomic E-state index is 0.121. The molecule has 1 heterocycles. The summed E-state index contributed by atoms with van der Waals surface area (Å²) < 4.78 is 23.5. The number of carbonyl (C=O) groups is 1. The zero-order chi connectivity index (χ0) is 19.2. The van der Waals surface area contributed by atoms with Crippen molar-refractivity contribution in [2.45, 2.75) is 12.8 Å². The molecule has 3 rings (SSSR count). The average Bonchev–Trinajstić information content (AvgIpc) is 3.15. The monoisotopic (exact) mass is 386 g/mol. The van der Waals surface area contributed by atoms with E-state index in [0.717, 1.165) is 11.1 Å². The number of amides is 1. The third-order valence-corrected chi connectivity index (χ3v) is 4.74. The second-order valence-electron chi connectivity index (χ2n) is 5.78. The second kappa shape index (κ2) is 8.64. The van der Waals surface area contributed by atoms with Gasteiger partial charge >= 0.3 is 0 Å². The first-order valence-electron chi connectivity index (χ1n) is 8.31. The molecule has 7 heteroatoms. The molecule has 0 saturated heterocycles. The van der Waals surface area contributed by atoms with Crippen LogP contribution in [-0.4, -0.2) is 25.1 Å². The van der Waals surface area contributed by atoms with Gasteiger partial charge in [-0.15, -0.1) is 11.3 Å². The number of rotatable bonds is 7. The lowest BCUT2D eigenvalue weighted by molar-refractivity contribution is -0.116. The van der Waals surface area contributed by atoms with Crippen LogP contribution in [0.3, 0.4) is 0 Å². The van der Waals surface area contributed by atoms with Crippen molar-refractivity contribution < 1.29 is 18.7 Å². The fourth-order valence-corrected chi connectivity index (χ4v) is 3.30. The number of carbonyl (C=O) groups excluding carboxylic acids is 1. The van der Waals surface area contributed by atoms with Crippen molar-refractivity contribution in [2.24, 2.45) is 0 Å². The molecule has 0 aliphatic carbocycles.